The Morgan fingerprint density at radius 2 is 1.69 bits per heavy atom. The van der Waals surface area contributed by atoms with Crippen molar-refractivity contribution in [1.82, 2.24) is 4.72 Å². The normalized spacial score (nSPS) is 10.2. The molecule has 0 saturated heterocycles. The molecule has 0 atom stereocenters. The van der Waals surface area contributed by atoms with Gasteiger partial charge < -0.3 is 11.0 Å². The van der Waals surface area contributed by atoms with Crippen LogP contribution in [0.25, 0.3) is 0 Å². The summed E-state index contributed by atoms with van der Waals surface area (Å²) in [7, 11) is 1.91. The fourth-order valence-electron chi connectivity index (χ4n) is 0.910. The first kappa shape index (κ1) is 17.5. The van der Waals surface area contributed by atoms with Crippen molar-refractivity contribution < 1.29 is 24.5 Å². The van der Waals surface area contributed by atoms with Gasteiger partial charge in [0.2, 0.25) is 0 Å². The quantitative estimate of drug-likeness (QED) is 0.617. The Labute approximate surface area is 95.4 Å². The zero-order chi connectivity index (χ0) is 10.6. The molecule has 16 heavy (non-hydrogen) atoms. The molecule has 0 aromatic heterocycles. The Hall–Kier alpha value is -0.925. The van der Waals surface area contributed by atoms with Gasteiger partial charge >= 0.3 is 83.9 Å². The van der Waals surface area contributed by atoms with Crippen LogP contribution in [0.1, 0.15) is 0 Å². The molecule has 6 nitrogen and oxygen atoms in total. The Bertz CT molecular complexity index is 391. The van der Waals surface area contributed by atoms with Gasteiger partial charge in [-0.15, -0.1) is 0 Å². The molecule has 0 radical (unpaired) electrons. The maximum Gasteiger partial charge on any atom is -0.870 e. The Morgan fingerprint density at radius 1 is 1.19 bits per heavy atom. The van der Waals surface area contributed by atoms with Crippen LogP contribution in [0.15, 0.2) is 29.2 Å². The third-order valence-corrected chi connectivity index (χ3v) is 3.07. The second kappa shape index (κ2) is 7.36. The Morgan fingerprint density at radius 3 is 2.12 bits per heavy atom. The van der Waals surface area contributed by atoms with Gasteiger partial charge in [0.25, 0.3) is 0 Å². The van der Waals surface area contributed by atoms with Crippen molar-refractivity contribution in [2.45, 2.75) is 4.90 Å². The van der Waals surface area contributed by atoms with Gasteiger partial charge in [-0.25, -0.2) is 0 Å². The van der Waals surface area contributed by atoms with Gasteiger partial charge in [-0.1, -0.05) is 0 Å². The smallest absolute Gasteiger partial charge is 0.870 e. The predicted octanol–water partition coefficient (Wildman–Crippen LogP) is -1.60. The number of benzene rings is 1. The molecule has 0 amide bonds. The molecule has 1 rings (SSSR count). The van der Waals surface area contributed by atoms with Crippen LogP contribution in [0.2, 0.25) is 0 Å². The summed E-state index contributed by atoms with van der Waals surface area (Å²) in [4.78, 5) is 0.139. The third kappa shape index (κ3) is 4.73. The van der Waals surface area contributed by atoms with E-state index in [1.165, 1.54) is 24.3 Å². The summed E-state index contributed by atoms with van der Waals surface area (Å²) in [6.45, 7) is -0.221. The average molecular weight is 245 g/mol. The van der Waals surface area contributed by atoms with Crippen LogP contribution >= 0.6 is 0 Å². The largest absolute Gasteiger partial charge is 0.870 e. The van der Waals surface area contributed by atoms with Gasteiger partial charge in [-0.2, -0.15) is 0 Å². The molecule has 1 aromatic carbocycles. The average Bonchev–Trinajstić information content (AvgIpc) is 2.16. The molecular formula is C8H12BNO5S. The van der Waals surface area contributed by atoms with Crippen molar-refractivity contribution >= 4 is 23.3 Å². The zero-order valence-corrected chi connectivity index (χ0v) is 9.18. The van der Waals surface area contributed by atoms with E-state index in [0.717, 1.165) is 0 Å². The number of hydrogen-bond acceptors (Lipinski definition) is 5. The third-order valence-electron chi connectivity index (χ3n) is 1.59. The van der Waals surface area contributed by atoms with Crippen LogP contribution in [0, 0.1) is 0 Å². The minimum absolute atomic E-state index is 0. The van der Waals surface area contributed by atoms with Gasteiger partial charge in [0.1, 0.15) is 0 Å². The summed E-state index contributed by atoms with van der Waals surface area (Å²) in [5.74, 6) is 0. The summed E-state index contributed by atoms with van der Waals surface area (Å²) in [5, 5.41) is 8.47. The predicted molar refractivity (Wildman–Crippen MR) is 58.0 cm³/mol. The Kier molecular flexibility index (Phi) is 8.04. The van der Waals surface area contributed by atoms with Crippen molar-refractivity contribution in [2.75, 3.05) is 13.2 Å². The minimum Gasteiger partial charge on any atom is -0.870 e. The second-order valence-corrected chi connectivity index (χ2v) is 4.46. The van der Waals surface area contributed by atoms with E-state index in [1.807, 2.05) is 0 Å². The monoisotopic (exact) mass is 245 g/mol. The molecular weight excluding hydrogens is 233 g/mol. The molecule has 1 aromatic rings. The molecule has 0 aliphatic heterocycles. The molecule has 0 heterocycles. The molecule has 0 saturated carbocycles. The van der Waals surface area contributed by atoms with Crippen molar-refractivity contribution in [1.29, 1.82) is 0 Å². The topological polar surface area (TPSA) is 126 Å². The van der Waals surface area contributed by atoms with Gasteiger partial charge in [0.15, 0.2) is 0 Å². The van der Waals surface area contributed by atoms with Crippen molar-refractivity contribution in [3.8, 4) is 0 Å². The molecule has 88 valence electrons. The SMILES string of the molecule is [B+2]c1ccc(S(=O)(=O)NCCO)cc1.[OH-].[OH-]. The van der Waals surface area contributed by atoms with Gasteiger partial charge in [0, 0.05) is 0 Å². The first-order chi connectivity index (χ1) is 6.56. The van der Waals surface area contributed by atoms with Crippen molar-refractivity contribution in [2.24, 2.45) is 0 Å². The van der Waals surface area contributed by atoms with E-state index in [0.29, 0.717) is 5.46 Å². The summed E-state index contributed by atoms with van der Waals surface area (Å²) >= 11 is 0. The molecule has 0 aliphatic rings. The number of rotatable bonds is 4. The van der Waals surface area contributed by atoms with Crippen LogP contribution in [0.3, 0.4) is 0 Å². The number of nitrogens with one attached hydrogen (secondary N) is 1. The Balaban J connectivity index is 0. The molecule has 4 N–H and O–H groups in total. The van der Waals surface area contributed by atoms with E-state index in [-0.39, 0.29) is 29.0 Å². The minimum atomic E-state index is -3.50. The zero-order valence-electron chi connectivity index (χ0n) is 8.37. The van der Waals surface area contributed by atoms with Crippen molar-refractivity contribution in [3.05, 3.63) is 24.3 Å². The molecule has 0 fully saturated rings. The van der Waals surface area contributed by atoms with E-state index in [2.05, 4.69) is 4.72 Å². The number of aliphatic hydroxyl groups excluding tert-OH is 1. The fraction of sp³-hybridized carbons (Fsp3) is 0.250. The molecule has 0 bridgehead atoms. The first-order valence-corrected chi connectivity index (χ1v) is 5.50. The van der Waals surface area contributed by atoms with Gasteiger partial charge in [-0.3, -0.25) is 0 Å². The molecule has 8 heteroatoms. The van der Waals surface area contributed by atoms with Crippen LogP contribution in [-0.4, -0.2) is 45.5 Å². The number of hydrogen-bond donors (Lipinski definition) is 2. The van der Waals surface area contributed by atoms with E-state index >= 15 is 0 Å². The van der Waals surface area contributed by atoms with Crippen LogP contribution in [0.4, 0.5) is 0 Å². The fourth-order valence-corrected chi connectivity index (χ4v) is 1.93. The van der Waals surface area contributed by atoms with E-state index in [9.17, 15) is 8.42 Å². The van der Waals surface area contributed by atoms with E-state index in [4.69, 9.17) is 13.0 Å². The molecule has 0 spiro atoms. The second-order valence-electron chi connectivity index (χ2n) is 2.69. The van der Waals surface area contributed by atoms with Crippen molar-refractivity contribution in [3.63, 3.8) is 0 Å². The summed E-state index contributed by atoms with van der Waals surface area (Å²) in [5.41, 5.74) is 0.506. The number of sulfonamides is 1. The van der Waals surface area contributed by atoms with E-state index < -0.39 is 10.0 Å². The summed E-state index contributed by atoms with van der Waals surface area (Å²) in [6, 6.07) is 5.84. The van der Waals surface area contributed by atoms with Crippen LogP contribution < -0.4 is 10.2 Å². The first-order valence-electron chi connectivity index (χ1n) is 4.02. The van der Waals surface area contributed by atoms with E-state index in [1.54, 1.807) is 0 Å². The standard InChI is InChI=1S/C8H10BNO3S.2H2O/c9-7-1-3-8(4-2-7)14(12,13)10-5-6-11;;/h1-4,10-11H,5-6H2;2*1H2/q+2;;/p-2. The number of aliphatic hydroxyl groups is 1. The van der Waals surface area contributed by atoms with Gasteiger partial charge in [0.05, 0.1) is 0 Å². The maximum absolute atomic E-state index is 11.4. The summed E-state index contributed by atoms with van der Waals surface area (Å²) < 4.78 is 25.1. The van der Waals surface area contributed by atoms with Crippen LogP contribution in [-0.2, 0) is 10.0 Å². The molecule has 0 unspecified atom stereocenters. The van der Waals surface area contributed by atoms with Crippen LogP contribution in [0.5, 0.6) is 0 Å². The van der Waals surface area contributed by atoms with Gasteiger partial charge in [-0.05, 0) is 0 Å². The molecule has 0 aliphatic carbocycles. The maximum atomic E-state index is 11.4. The summed E-state index contributed by atoms with van der Waals surface area (Å²) in [6.07, 6.45) is 0.